The number of aromatic nitrogens is 2. The van der Waals surface area contributed by atoms with Gasteiger partial charge in [-0.05, 0) is 43.0 Å². The highest BCUT2D eigenvalue weighted by atomic mass is 32.2. The van der Waals surface area contributed by atoms with Gasteiger partial charge in [0, 0.05) is 16.4 Å². The Labute approximate surface area is 121 Å². The predicted molar refractivity (Wildman–Crippen MR) is 80.2 cm³/mol. The van der Waals surface area contributed by atoms with E-state index >= 15 is 0 Å². The summed E-state index contributed by atoms with van der Waals surface area (Å²) in [7, 11) is 0. The normalized spacial score (nSPS) is 14.3. The van der Waals surface area contributed by atoms with Crippen LogP contribution >= 0.6 is 11.9 Å². The lowest BCUT2D eigenvalue weighted by Gasteiger charge is -2.09. The van der Waals surface area contributed by atoms with Crippen molar-refractivity contribution in [1.29, 1.82) is 0 Å². The van der Waals surface area contributed by atoms with Crippen molar-refractivity contribution < 1.29 is 4.39 Å². The van der Waals surface area contributed by atoms with Crippen LogP contribution in [0.1, 0.15) is 30.3 Å². The van der Waals surface area contributed by atoms with Crippen LogP contribution in [-0.4, -0.2) is 9.97 Å². The number of nitrogens with zero attached hydrogens (tertiary/aromatic N) is 2. The van der Waals surface area contributed by atoms with Gasteiger partial charge < -0.3 is 0 Å². The number of rotatable bonds is 4. The fourth-order valence-corrected chi connectivity index (χ4v) is 2.23. The molecule has 102 valence electrons. The zero-order valence-corrected chi connectivity index (χ0v) is 11.7. The summed E-state index contributed by atoms with van der Waals surface area (Å²) in [4.78, 5) is 9.65. The molecule has 1 fully saturated rings. The number of benzene rings is 1. The maximum Gasteiger partial charge on any atom is 0.132 e. The summed E-state index contributed by atoms with van der Waals surface area (Å²) in [6.45, 7) is 3.88. The van der Waals surface area contributed by atoms with Crippen molar-refractivity contribution in [3.05, 3.63) is 54.2 Å². The third-order valence-electron chi connectivity index (χ3n) is 3.26. The van der Waals surface area contributed by atoms with E-state index in [0.717, 1.165) is 30.6 Å². The molecule has 2 N–H and O–H groups in total. The monoisotopic (exact) mass is 287 g/mol. The van der Waals surface area contributed by atoms with Crippen LogP contribution in [-0.2, 0) is 0 Å². The second-order valence-electron chi connectivity index (χ2n) is 4.79. The molecule has 3 rings (SSSR count). The molecule has 1 aliphatic carbocycles. The largest absolute Gasteiger partial charge is 0.274 e. The van der Waals surface area contributed by atoms with Crippen LogP contribution in [0.15, 0.2) is 36.9 Å². The van der Waals surface area contributed by atoms with Gasteiger partial charge >= 0.3 is 0 Å². The van der Waals surface area contributed by atoms with Gasteiger partial charge in [0.25, 0.3) is 0 Å². The molecule has 0 saturated heterocycles. The van der Waals surface area contributed by atoms with E-state index in [1.807, 2.05) is 0 Å². The highest BCUT2D eigenvalue weighted by molar-refractivity contribution is 8.06. The molecule has 0 unspecified atom stereocenters. The fourth-order valence-electron chi connectivity index (χ4n) is 2.00. The molecule has 5 heteroatoms. The summed E-state index contributed by atoms with van der Waals surface area (Å²) in [5.41, 5.74) is 1.74. The molecule has 1 heterocycles. The van der Waals surface area contributed by atoms with Gasteiger partial charge in [-0.1, -0.05) is 18.7 Å². The molecule has 20 heavy (non-hydrogen) atoms. The molecular weight excluding hydrogens is 273 g/mol. The third-order valence-corrected chi connectivity index (χ3v) is 3.76. The Morgan fingerprint density at radius 3 is 2.70 bits per heavy atom. The second kappa shape index (κ2) is 5.34. The average Bonchev–Trinajstić information content (AvgIpc) is 3.31. The van der Waals surface area contributed by atoms with Crippen LogP contribution < -0.4 is 5.14 Å². The van der Waals surface area contributed by atoms with E-state index in [1.54, 1.807) is 24.3 Å². The van der Waals surface area contributed by atoms with Crippen LogP contribution in [0.5, 0.6) is 0 Å². The lowest BCUT2D eigenvalue weighted by Crippen LogP contribution is -2.00. The molecule has 0 atom stereocenters. The van der Waals surface area contributed by atoms with Crippen molar-refractivity contribution in [1.82, 2.24) is 9.97 Å². The fraction of sp³-hybridized carbons (Fsp3) is 0.200. The minimum Gasteiger partial charge on any atom is -0.274 e. The van der Waals surface area contributed by atoms with Gasteiger partial charge in [0.2, 0.25) is 0 Å². The van der Waals surface area contributed by atoms with Crippen molar-refractivity contribution in [3.63, 3.8) is 0 Å². The quantitative estimate of drug-likeness (QED) is 0.870. The zero-order chi connectivity index (χ0) is 14.1. The Morgan fingerprint density at radius 2 is 2.05 bits per heavy atom. The summed E-state index contributed by atoms with van der Waals surface area (Å²) in [6.07, 6.45) is 2.17. The second-order valence-corrected chi connectivity index (χ2v) is 5.52. The lowest BCUT2D eigenvalue weighted by molar-refractivity contribution is 0.630. The molecule has 2 aromatic rings. The van der Waals surface area contributed by atoms with E-state index in [1.165, 1.54) is 6.07 Å². The Morgan fingerprint density at radius 1 is 1.30 bits per heavy atom. The van der Waals surface area contributed by atoms with Crippen molar-refractivity contribution in [2.75, 3.05) is 0 Å². The van der Waals surface area contributed by atoms with Crippen LogP contribution in [0.25, 0.3) is 16.2 Å². The minimum atomic E-state index is -0.287. The van der Waals surface area contributed by atoms with Gasteiger partial charge in [0.15, 0.2) is 0 Å². The molecule has 0 aliphatic heterocycles. The summed E-state index contributed by atoms with van der Waals surface area (Å²) in [5, 5.41) is 5.55. The van der Waals surface area contributed by atoms with Gasteiger partial charge in [0.1, 0.15) is 11.6 Å². The SMILES string of the molecule is C=C(SN)c1cc(-c2ccccc2F)nc(C2CC2)n1. The lowest BCUT2D eigenvalue weighted by atomic mass is 10.1. The van der Waals surface area contributed by atoms with Gasteiger partial charge in [0.05, 0.1) is 11.4 Å². The van der Waals surface area contributed by atoms with Crippen LogP contribution in [0.3, 0.4) is 0 Å². The number of halogens is 1. The van der Waals surface area contributed by atoms with Crippen LogP contribution in [0, 0.1) is 5.82 Å². The highest BCUT2D eigenvalue weighted by Gasteiger charge is 2.28. The summed E-state index contributed by atoms with van der Waals surface area (Å²) < 4.78 is 13.9. The Hall–Kier alpha value is -1.72. The zero-order valence-electron chi connectivity index (χ0n) is 10.8. The number of hydrogen-bond donors (Lipinski definition) is 1. The first-order valence-electron chi connectivity index (χ1n) is 6.39. The molecule has 0 spiro atoms. The van der Waals surface area contributed by atoms with E-state index in [2.05, 4.69) is 16.5 Å². The first-order valence-corrected chi connectivity index (χ1v) is 7.27. The molecule has 1 aliphatic rings. The minimum absolute atomic E-state index is 0.287. The summed E-state index contributed by atoms with van der Waals surface area (Å²) in [6, 6.07) is 8.35. The van der Waals surface area contributed by atoms with E-state index in [0.29, 0.717) is 27.8 Å². The first kappa shape index (κ1) is 13.3. The van der Waals surface area contributed by atoms with Gasteiger partial charge in [-0.25, -0.2) is 14.4 Å². The van der Waals surface area contributed by atoms with Crippen molar-refractivity contribution in [2.24, 2.45) is 5.14 Å². The van der Waals surface area contributed by atoms with Crippen LogP contribution in [0.2, 0.25) is 0 Å². The van der Waals surface area contributed by atoms with Gasteiger partial charge in [-0.15, -0.1) is 0 Å². The molecule has 1 aromatic carbocycles. The smallest absolute Gasteiger partial charge is 0.132 e. The molecule has 3 nitrogen and oxygen atoms in total. The topological polar surface area (TPSA) is 51.8 Å². The predicted octanol–water partition coefficient (Wildman–Crippen LogP) is 3.74. The maximum atomic E-state index is 13.9. The molecule has 0 bridgehead atoms. The number of nitrogens with two attached hydrogens (primary N) is 1. The van der Waals surface area contributed by atoms with E-state index in [-0.39, 0.29) is 5.82 Å². The highest BCUT2D eigenvalue weighted by Crippen LogP contribution is 2.39. The van der Waals surface area contributed by atoms with Crippen LogP contribution in [0.4, 0.5) is 4.39 Å². The maximum absolute atomic E-state index is 13.9. The Bertz CT molecular complexity index is 668. The van der Waals surface area contributed by atoms with E-state index in [9.17, 15) is 4.39 Å². The van der Waals surface area contributed by atoms with Gasteiger partial charge in [-0.3, -0.25) is 5.14 Å². The third kappa shape index (κ3) is 2.59. The summed E-state index contributed by atoms with van der Waals surface area (Å²) in [5.74, 6) is 0.858. The molecule has 1 saturated carbocycles. The Balaban J connectivity index is 2.12. The standard InChI is InChI=1S/C15H14FN3S/c1-9(20-17)13-8-14(11-4-2-3-5-12(11)16)19-15(18-13)10-6-7-10/h2-5,8,10H,1,6-7,17H2. The van der Waals surface area contributed by atoms with E-state index < -0.39 is 0 Å². The number of hydrogen-bond acceptors (Lipinski definition) is 4. The molecule has 1 aromatic heterocycles. The molecular formula is C15H14FN3S. The molecule has 0 radical (unpaired) electrons. The van der Waals surface area contributed by atoms with Crippen molar-refractivity contribution in [3.8, 4) is 11.3 Å². The van der Waals surface area contributed by atoms with E-state index in [4.69, 9.17) is 5.14 Å². The average molecular weight is 287 g/mol. The first-order chi connectivity index (χ1) is 9.69. The summed E-state index contributed by atoms with van der Waals surface area (Å²) >= 11 is 1.05. The van der Waals surface area contributed by atoms with Crippen molar-refractivity contribution in [2.45, 2.75) is 18.8 Å². The van der Waals surface area contributed by atoms with Crippen molar-refractivity contribution >= 4 is 16.9 Å². The molecule has 0 amide bonds. The van der Waals surface area contributed by atoms with Gasteiger partial charge in [-0.2, -0.15) is 0 Å². The Kier molecular flexibility index (Phi) is 3.54.